The molecule has 3 heteroatoms. The summed E-state index contributed by atoms with van der Waals surface area (Å²) in [6.07, 6.45) is 6.38. The molecule has 0 aromatic carbocycles. The molecule has 0 bridgehead atoms. The van der Waals surface area contributed by atoms with Crippen LogP contribution in [0.1, 0.15) is 52.9 Å². The van der Waals surface area contributed by atoms with Crippen LogP contribution in [0, 0.1) is 0 Å². The van der Waals surface area contributed by atoms with Crippen LogP contribution in [0.3, 0.4) is 0 Å². The standard InChI is InChI=1S/C15H35NOSi/c1-6-9-12-17-18(13-7-2,14-8-3)15-10-11-16(4)5/h6-15H2,1-5H3. The first-order valence-electron chi connectivity index (χ1n) is 7.89. The van der Waals surface area contributed by atoms with Gasteiger partial charge in [0.2, 0.25) is 0 Å². The molecular weight excluding hydrogens is 238 g/mol. The smallest absolute Gasteiger partial charge is 0.192 e. The number of unbranched alkanes of at least 4 members (excludes halogenated alkanes) is 1. The molecule has 0 fully saturated rings. The first-order chi connectivity index (χ1) is 8.60. The molecule has 0 atom stereocenters. The maximum atomic E-state index is 6.45. The molecule has 0 spiro atoms. The van der Waals surface area contributed by atoms with Crippen LogP contribution < -0.4 is 0 Å². The zero-order chi connectivity index (χ0) is 13.9. The van der Waals surface area contributed by atoms with Crippen molar-refractivity contribution in [2.24, 2.45) is 0 Å². The van der Waals surface area contributed by atoms with Gasteiger partial charge < -0.3 is 9.33 Å². The van der Waals surface area contributed by atoms with E-state index in [9.17, 15) is 0 Å². The van der Waals surface area contributed by atoms with Crippen molar-refractivity contribution in [1.29, 1.82) is 0 Å². The van der Waals surface area contributed by atoms with E-state index in [4.69, 9.17) is 4.43 Å². The Kier molecular flexibility index (Phi) is 11.1. The Morgan fingerprint density at radius 1 is 0.833 bits per heavy atom. The van der Waals surface area contributed by atoms with E-state index in [1.54, 1.807) is 0 Å². The number of hydrogen-bond acceptors (Lipinski definition) is 2. The van der Waals surface area contributed by atoms with Gasteiger partial charge in [-0.15, -0.1) is 0 Å². The summed E-state index contributed by atoms with van der Waals surface area (Å²) in [6.45, 7) is 9.08. The van der Waals surface area contributed by atoms with Gasteiger partial charge in [0.15, 0.2) is 8.32 Å². The Labute approximate surface area is 116 Å². The van der Waals surface area contributed by atoms with Crippen molar-refractivity contribution in [3.05, 3.63) is 0 Å². The highest BCUT2D eigenvalue weighted by molar-refractivity contribution is 6.73. The number of rotatable bonds is 12. The fraction of sp³-hybridized carbons (Fsp3) is 1.00. The minimum absolute atomic E-state index is 1.00. The fourth-order valence-electron chi connectivity index (χ4n) is 2.65. The van der Waals surface area contributed by atoms with Gasteiger partial charge in [0.05, 0.1) is 0 Å². The summed E-state index contributed by atoms with van der Waals surface area (Å²) in [7, 11) is 2.91. The minimum Gasteiger partial charge on any atom is -0.417 e. The maximum absolute atomic E-state index is 6.45. The van der Waals surface area contributed by atoms with E-state index in [-0.39, 0.29) is 0 Å². The summed E-state index contributed by atoms with van der Waals surface area (Å²) < 4.78 is 6.45. The molecule has 0 heterocycles. The van der Waals surface area contributed by atoms with E-state index in [0.29, 0.717) is 0 Å². The molecule has 110 valence electrons. The predicted octanol–water partition coefficient (Wildman–Crippen LogP) is 4.52. The van der Waals surface area contributed by atoms with Crippen LogP contribution in [0.15, 0.2) is 0 Å². The van der Waals surface area contributed by atoms with Crippen molar-refractivity contribution >= 4 is 8.32 Å². The lowest BCUT2D eigenvalue weighted by molar-refractivity contribution is 0.285. The zero-order valence-corrected chi connectivity index (χ0v) is 14.4. The second-order valence-electron chi connectivity index (χ2n) is 5.79. The summed E-state index contributed by atoms with van der Waals surface area (Å²) in [5, 5.41) is 0. The Morgan fingerprint density at radius 3 is 1.89 bits per heavy atom. The van der Waals surface area contributed by atoms with Crippen molar-refractivity contribution in [3.8, 4) is 0 Å². The summed E-state index contributed by atoms with van der Waals surface area (Å²) >= 11 is 0. The van der Waals surface area contributed by atoms with Crippen molar-refractivity contribution in [2.75, 3.05) is 27.2 Å². The van der Waals surface area contributed by atoms with E-state index in [2.05, 4.69) is 39.8 Å². The van der Waals surface area contributed by atoms with Crippen LogP contribution in [0.5, 0.6) is 0 Å². The molecule has 0 aromatic rings. The predicted molar refractivity (Wildman–Crippen MR) is 84.8 cm³/mol. The van der Waals surface area contributed by atoms with Gasteiger partial charge in [-0.25, -0.2) is 0 Å². The van der Waals surface area contributed by atoms with Crippen LogP contribution in [-0.4, -0.2) is 40.5 Å². The molecule has 0 aliphatic carbocycles. The quantitative estimate of drug-likeness (QED) is 0.383. The molecule has 0 aliphatic heterocycles. The molecule has 0 aliphatic rings. The monoisotopic (exact) mass is 273 g/mol. The maximum Gasteiger partial charge on any atom is 0.192 e. The van der Waals surface area contributed by atoms with Crippen LogP contribution >= 0.6 is 0 Å². The lowest BCUT2D eigenvalue weighted by Gasteiger charge is -2.32. The van der Waals surface area contributed by atoms with Gasteiger partial charge >= 0.3 is 0 Å². The Hall–Kier alpha value is 0.137. The van der Waals surface area contributed by atoms with Crippen molar-refractivity contribution in [1.82, 2.24) is 4.90 Å². The van der Waals surface area contributed by atoms with Gasteiger partial charge in [-0.05, 0) is 51.6 Å². The van der Waals surface area contributed by atoms with E-state index in [0.717, 1.165) is 6.61 Å². The van der Waals surface area contributed by atoms with Crippen molar-refractivity contribution in [3.63, 3.8) is 0 Å². The Morgan fingerprint density at radius 2 is 1.44 bits per heavy atom. The molecule has 0 amide bonds. The first-order valence-corrected chi connectivity index (χ1v) is 10.4. The van der Waals surface area contributed by atoms with Crippen LogP contribution in [0.2, 0.25) is 18.1 Å². The van der Waals surface area contributed by atoms with Gasteiger partial charge in [-0.1, -0.05) is 40.0 Å². The highest BCUT2D eigenvalue weighted by Gasteiger charge is 2.32. The molecular formula is C15H35NOSi. The molecule has 18 heavy (non-hydrogen) atoms. The van der Waals surface area contributed by atoms with Gasteiger partial charge in [0, 0.05) is 6.61 Å². The molecule has 0 aromatic heterocycles. The molecule has 2 nitrogen and oxygen atoms in total. The number of nitrogens with zero attached hydrogens (tertiary/aromatic N) is 1. The Bertz CT molecular complexity index is 179. The molecule has 0 saturated heterocycles. The van der Waals surface area contributed by atoms with Crippen LogP contribution in [0.4, 0.5) is 0 Å². The average molecular weight is 274 g/mol. The third-order valence-electron chi connectivity index (χ3n) is 3.56. The van der Waals surface area contributed by atoms with E-state index < -0.39 is 8.32 Å². The topological polar surface area (TPSA) is 12.5 Å². The lowest BCUT2D eigenvalue weighted by atomic mass is 10.4. The van der Waals surface area contributed by atoms with E-state index >= 15 is 0 Å². The first kappa shape index (κ1) is 18.1. The van der Waals surface area contributed by atoms with Crippen LogP contribution in [0.25, 0.3) is 0 Å². The SMILES string of the molecule is CCCCO[Si](CCC)(CCC)CCCN(C)C. The molecule has 0 radical (unpaired) electrons. The third kappa shape index (κ3) is 8.28. The van der Waals surface area contributed by atoms with Crippen molar-refractivity contribution in [2.45, 2.75) is 71.0 Å². The van der Waals surface area contributed by atoms with Gasteiger partial charge in [-0.2, -0.15) is 0 Å². The average Bonchev–Trinajstić information content (AvgIpc) is 2.29. The second kappa shape index (κ2) is 11.0. The second-order valence-corrected chi connectivity index (χ2v) is 9.95. The van der Waals surface area contributed by atoms with E-state index in [1.165, 1.54) is 56.8 Å². The summed E-state index contributed by atoms with van der Waals surface area (Å²) in [4.78, 5) is 2.29. The normalized spacial score (nSPS) is 12.3. The van der Waals surface area contributed by atoms with Gasteiger partial charge in [0.1, 0.15) is 0 Å². The Balaban J connectivity index is 4.31. The minimum atomic E-state index is -1.43. The fourth-order valence-corrected chi connectivity index (χ4v) is 7.04. The molecule has 0 saturated carbocycles. The van der Waals surface area contributed by atoms with Gasteiger partial charge in [-0.3, -0.25) is 0 Å². The molecule has 0 rings (SSSR count). The highest BCUT2D eigenvalue weighted by atomic mass is 28.4. The summed E-state index contributed by atoms with van der Waals surface area (Å²) in [6, 6.07) is 4.08. The summed E-state index contributed by atoms with van der Waals surface area (Å²) in [5.74, 6) is 0. The van der Waals surface area contributed by atoms with Crippen molar-refractivity contribution < 1.29 is 4.43 Å². The van der Waals surface area contributed by atoms with Gasteiger partial charge in [0.25, 0.3) is 0 Å². The highest BCUT2D eigenvalue weighted by Crippen LogP contribution is 2.27. The largest absolute Gasteiger partial charge is 0.417 e. The summed E-state index contributed by atoms with van der Waals surface area (Å²) in [5.41, 5.74) is 0. The third-order valence-corrected chi connectivity index (χ3v) is 8.46. The zero-order valence-electron chi connectivity index (χ0n) is 13.4. The van der Waals surface area contributed by atoms with Crippen LogP contribution in [-0.2, 0) is 4.43 Å². The molecule has 0 unspecified atom stereocenters. The number of hydrogen-bond donors (Lipinski definition) is 0. The lowest BCUT2D eigenvalue weighted by Crippen LogP contribution is -2.39. The molecule has 0 N–H and O–H groups in total. The van der Waals surface area contributed by atoms with E-state index in [1.807, 2.05) is 0 Å².